The summed E-state index contributed by atoms with van der Waals surface area (Å²) in [5.41, 5.74) is 1.18. The summed E-state index contributed by atoms with van der Waals surface area (Å²) in [5, 5.41) is 7.12. The molecule has 2 aliphatic rings. The van der Waals surface area contributed by atoms with Gasteiger partial charge in [-0.1, -0.05) is 6.92 Å². The van der Waals surface area contributed by atoms with Gasteiger partial charge in [0.1, 0.15) is 0 Å². The Morgan fingerprint density at radius 1 is 1.40 bits per heavy atom. The van der Waals surface area contributed by atoms with Crippen LogP contribution in [-0.4, -0.2) is 30.0 Å². The molecule has 1 aliphatic heterocycles. The van der Waals surface area contributed by atoms with Crippen molar-refractivity contribution in [3.05, 3.63) is 16.1 Å². The lowest BCUT2D eigenvalue weighted by Gasteiger charge is -2.36. The first-order chi connectivity index (χ1) is 9.71. The van der Waals surface area contributed by atoms with Crippen molar-refractivity contribution in [2.45, 2.75) is 63.8 Å². The van der Waals surface area contributed by atoms with Crippen molar-refractivity contribution in [1.29, 1.82) is 0 Å². The van der Waals surface area contributed by atoms with E-state index in [1.165, 1.54) is 10.7 Å². The molecule has 1 spiro atoms. The van der Waals surface area contributed by atoms with Crippen LogP contribution in [0.15, 0.2) is 5.38 Å². The van der Waals surface area contributed by atoms with Crippen LogP contribution >= 0.6 is 11.3 Å². The smallest absolute Gasteiger partial charge is 0.168 e. The molecule has 0 radical (unpaired) electrons. The number of hydrogen-bond donors (Lipinski definition) is 1. The van der Waals surface area contributed by atoms with E-state index in [0.717, 1.165) is 45.3 Å². The average molecular weight is 296 g/mol. The van der Waals surface area contributed by atoms with Crippen molar-refractivity contribution in [3.63, 3.8) is 0 Å². The van der Waals surface area contributed by atoms with Gasteiger partial charge < -0.3 is 14.8 Å². The molecule has 1 aliphatic carbocycles. The summed E-state index contributed by atoms with van der Waals surface area (Å²) in [6.45, 7) is 5.88. The zero-order valence-corrected chi connectivity index (χ0v) is 13.2. The fraction of sp³-hybridized carbons (Fsp3) is 0.800. The molecule has 1 N–H and O–H groups in total. The molecule has 2 heterocycles. The molecule has 1 saturated carbocycles. The first-order valence-corrected chi connectivity index (χ1v) is 8.57. The van der Waals surface area contributed by atoms with Crippen LogP contribution in [-0.2, 0) is 15.9 Å². The summed E-state index contributed by atoms with van der Waals surface area (Å²) in [6, 6.07) is 0.881. The Morgan fingerprint density at radius 3 is 2.70 bits per heavy atom. The molecule has 5 heteroatoms. The summed E-state index contributed by atoms with van der Waals surface area (Å²) < 4.78 is 11.6. The molecule has 0 aromatic carbocycles. The van der Waals surface area contributed by atoms with Crippen LogP contribution in [0.5, 0.6) is 0 Å². The van der Waals surface area contributed by atoms with Crippen molar-refractivity contribution in [1.82, 2.24) is 10.3 Å². The maximum absolute atomic E-state index is 5.78. The van der Waals surface area contributed by atoms with Crippen molar-refractivity contribution >= 4 is 11.3 Å². The van der Waals surface area contributed by atoms with Crippen LogP contribution in [0.2, 0.25) is 0 Å². The van der Waals surface area contributed by atoms with E-state index in [-0.39, 0.29) is 5.79 Å². The predicted octanol–water partition coefficient (Wildman–Crippen LogP) is 3.04. The summed E-state index contributed by atoms with van der Waals surface area (Å²) >= 11 is 1.76. The summed E-state index contributed by atoms with van der Waals surface area (Å²) in [4.78, 5) is 4.67. The van der Waals surface area contributed by atoms with Gasteiger partial charge in [-0.2, -0.15) is 0 Å². The predicted molar refractivity (Wildman–Crippen MR) is 79.9 cm³/mol. The van der Waals surface area contributed by atoms with E-state index in [2.05, 4.69) is 29.5 Å². The normalized spacial score (nSPS) is 24.3. The first kappa shape index (κ1) is 14.4. The highest BCUT2D eigenvalue weighted by atomic mass is 32.1. The number of thiazole rings is 1. The third-order valence-electron chi connectivity index (χ3n) is 4.36. The highest BCUT2D eigenvalue weighted by Gasteiger charge is 2.40. The maximum Gasteiger partial charge on any atom is 0.168 e. The quantitative estimate of drug-likeness (QED) is 0.927. The molecule has 0 unspecified atom stereocenters. The van der Waals surface area contributed by atoms with Crippen molar-refractivity contribution in [2.75, 3.05) is 13.2 Å². The molecule has 20 heavy (non-hydrogen) atoms. The molecular weight excluding hydrogens is 272 g/mol. The number of hydrogen-bond acceptors (Lipinski definition) is 5. The Labute approximate surface area is 124 Å². The number of rotatable bonds is 4. The van der Waals surface area contributed by atoms with Crippen molar-refractivity contribution in [2.24, 2.45) is 0 Å². The molecule has 1 aromatic rings. The minimum absolute atomic E-state index is 0.253. The molecule has 1 atom stereocenters. The first-order valence-electron chi connectivity index (χ1n) is 7.69. The largest absolute Gasteiger partial charge is 0.348 e. The van der Waals surface area contributed by atoms with Gasteiger partial charge in [-0.3, -0.25) is 0 Å². The number of ether oxygens (including phenoxy) is 2. The van der Waals surface area contributed by atoms with Gasteiger partial charge in [0.05, 0.1) is 23.9 Å². The van der Waals surface area contributed by atoms with Gasteiger partial charge in [0, 0.05) is 30.3 Å². The molecule has 3 rings (SSSR count). The Morgan fingerprint density at radius 2 is 2.10 bits per heavy atom. The van der Waals surface area contributed by atoms with E-state index in [0.29, 0.717) is 12.1 Å². The molecule has 0 amide bonds. The Hall–Kier alpha value is -0.490. The Bertz CT molecular complexity index is 433. The molecule has 4 nitrogen and oxygen atoms in total. The van der Waals surface area contributed by atoms with Gasteiger partial charge >= 0.3 is 0 Å². The monoisotopic (exact) mass is 296 g/mol. The summed E-state index contributed by atoms with van der Waals surface area (Å²) in [7, 11) is 0. The molecule has 1 aromatic heterocycles. The fourth-order valence-corrected chi connectivity index (χ4v) is 3.97. The summed E-state index contributed by atoms with van der Waals surface area (Å²) in [5.74, 6) is -0.253. The van der Waals surface area contributed by atoms with Gasteiger partial charge in [-0.25, -0.2) is 4.98 Å². The third kappa shape index (κ3) is 3.06. The van der Waals surface area contributed by atoms with Crippen LogP contribution in [0.3, 0.4) is 0 Å². The van der Waals surface area contributed by atoms with Crippen LogP contribution < -0.4 is 5.32 Å². The van der Waals surface area contributed by atoms with E-state index >= 15 is 0 Å². The second-order valence-corrected chi connectivity index (χ2v) is 6.73. The van der Waals surface area contributed by atoms with Gasteiger partial charge in [0.15, 0.2) is 5.79 Å². The summed E-state index contributed by atoms with van der Waals surface area (Å²) in [6.07, 6.45) is 5.28. The van der Waals surface area contributed by atoms with Crippen LogP contribution in [0.4, 0.5) is 0 Å². The zero-order chi connectivity index (χ0) is 14.0. The second kappa shape index (κ2) is 6.10. The van der Waals surface area contributed by atoms with Gasteiger partial charge in [-0.15, -0.1) is 11.3 Å². The average Bonchev–Trinajstić information content (AvgIpc) is 3.11. The molecular formula is C15H24N2O2S. The molecule has 112 valence electrons. The van der Waals surface area contributed by atoms with Crippen molar-refractivity contribution in [3.8, 4) is 0 Å². The van der Waals surface area contributed by atoms with Gasteiger partial charge in [-0.05, 0) is 26.2 Å². The Balaban J connectivity index is 1.51. The van der Waals surface area contributed by atoms with E-state index in [4.69, 9.17) is 9.47 Å². The highest BCUT2D eigenvalue weighted by Crippen LogP contribution is 2.36. The number of nitrogens with one attached hydrogen (secondary N) is 1. The standard InChI is InChI=1S/C15H24N2O2S/c1-3-14-17-13(10-20-14)11(2)16-12-4-6-15(7-5-12)18-8-9-19-15/h10-12,16H,3-9H2,1-2H3/t11-/m1/s1. The molecule has 1 saturated heterocycles. The number of nitrogens with zero attached hydrogens (tertiary/aromatic N) is 1. The van der Waals surface area contributed by atoms with Gasteiger partial charge in [0.2, 0.25) is 0 Å². The Kier molecular flexibility index (Phi) is 4.40. The van der Waals surface area contributed by atoms with Gasteiger partial charge in [0.25, 0.3) is 0 Å². The van der Waals surface area contributed by atoms with Crippen LogP contribution in [0, 0.1) is 0 Å². The third-order valence-corrected chi connectivity index (χ3v) is 5.37. The second-order valence-electron chi connectivity index (χ2n) is 5.79. The maximum atomic E-state index is 5.78. The SMILES string of the molecule is CCc1nc([C@@H](C)NC2CCC3(CC2)OCCO3)cs1. The lowest BCUT2D eigenvalue weighted by Crippen LogP contribution is -2.42. The molecule has 0 bridgehead atoms. The van der Waals surface area contributed by atoms with E-state index in [1.54, 1.807) is 11.3 Å². The van der Waals surface area contributed by atoms with E-state index < -0.39 is 0 Å². The minimum Gasteiger partial charge on any atom is -0.348 e. The van der Waals surface area contributed by atoms with Crippen LogP contribution in [0.25, 0.3) is 0 Å². The van der Waals surface area contributed by atoms with E-state index in [1.807, 2.05) is 0 Å². The minimum atomic E-state index is -0.253. The highest BCUT2D eigenvalue weighted by molar-refractivity contribution is 7.09. The molecule has 2 fully saturated rings. The number of aromatic nitrogens is 1. The van der Waals surface area contributed by atoms with Crippen LogP contribution in [0.1, 0.15) is 56.3 Å². The zero-order valence-electron chi connectivity index (χ0n) is 12.4. The van der Waals surface area contributed by atoms with Crippen molar-refractivity contribution < 1.29 is 9.47 Å². The lowest BCUT2D eigenvalue weighted by molar-refractivity contribution is -0.179. The lowest BCUT2D eigenvalue weighted by atomic mass is 9.89. The topological polar surface area (TPSA) is 43.4 Å². The van der Waals surface area contributed by atoms with E-state index in [9.17, 15) is 0 Å². The fourth-order valence-electron chi connectivity index (χ4n) is 3.14. The number of aryl methyl sites for hydroxylation is 1.